The molecule has 0 unspecified atom stereocenters. The Morgan fingerprint density at radius 2 is 2.19 bits per heavy atom. The highest BCUT2D eigenvalue weighted by Gasteiger charge is 2.31. The fourth-order valence-electron chi connectivity index (χ4n) is 0.887. The fraction of sp³-hybridized carbons (Fsp3) is 0.250. The van der Waals surface area contributed by atoms with Gasteiger partial charge in [0.05, 0.1) is 5.69 Å². The number of aromatic nitrogens is 1. The molecular formula is C8H5BrClF3N2O. The van der Waals surface area contributed by atoms with Gasteiger partial charge in [0.1, 0.15) is 6.42 Å². The maximum Gasteiger partial charge on any atom is 0.397 e. The molecule has 1 N–H and O–H groups in total. The molecule has 0 atom stereocenters. The first-order chi connectivity index (χ1) is 7.28. The second kappa shape index (κ2) is 5.01. The standard InChI is InChI=1S/C8H5BrClF3N2O/c9-4-1-5(7(10)14-3-4)15-6(16)2-8(11,12)13/h1,3H,2H2,(H,15,16). The van der Waals surface area contributed by atoms with Gasteiger partial charge in [0, 0.05) is 10.7 Å². The van der Waals surface area contributed by atoms with Gasteiger partial charge >= 0.3 is 6.18 Å². The topological polar surface area (TPSA) is 42.0 Å². The van der Waals surface area contributed by atoms with Crippen molar-refractivity contribution in [1.82, 2.24) is 4.98 Å². The smallest absolute Gasteiger partial charge is 0.323 e. The summed E-state index contributed by atoms with van der Waals surface area (Å²) in [7, 11) is 0. The molecule has 0 saturated heterocycles. The van der Waals surface area contributed by atoms with Crippen LogP contribution in [0.5, 0.6) is 0 Å². The average Bonchev–Trinajstić information content (AvgIpc) is 2.08. The highest BCUT2D eigenvalue weighted by Crippen LogP contribution is 2.25. The average molecular weight is 317 g/mol. The van der Waals surface area contributed by atoms with Crippen molar-refractivity contribution in [3.05, 3.63) is 21.9 Å². The Labute approximate surface area is 102 Å². The highest BCUT2D eigenvalue weighted by molar-refractivity contribution is 9.10. The second-order valence-electron chi connectivity index (χ2n) is 2.83. The van der Waals surface area contributed by atoms with Crippen LogP contribution in [0.4, 0.5) is 18.9 Å². The normalized spacial score (nSPS) is 11.3. The zero-order chi connectivity index (χ0) is 12.3. The van der Waals surface area contributed by atoms with Crippen molar-refractivity contribution in [2.45, 2.75) is 12.6 Å². The van der Waals surface area contributed by atoms with Crippen LogP contribution in [0.2, 0.25) is 5.15 Å². The molecule has 0 fully saturated rings. The third-order valence-electron chi connectivity index (χ3n) is 1.44. The number of rotatable bonds is 2. The monoisotopic (exact) mass is 316 g/mol. The first-order valence-corrected chi connectivity index (χ1v) is 5.12. The Kier molecular flexibility index (Phi) is 4.15. The molecule has 88 valence electrons. The number of carbonyl (C=O) groups is 1. The molecule has 0 bridgehead atoms. The van der Waals surface area contributed by atoms with Crippen LogP contribution in [0.1, 0.15) is 6.42 Å². The Morgan fingerprint density at radius 1 is 1.56 bits per heavy atom. The van der Waals surface area contributed by atoms with Gasteiger partial charge in [0.2, 0.25) is 5.91 Å². The van der Waals surface area contributed by atoms with Crippen molar-refractivity contribution >= 4 is 39.1 Å². The molecule has 0 aliphatic heterocycles. The molecule has 1 aromatic rings. The van der Waals surface area contributed by atoms with E-state index >= 15 is 0 Å². The minimum Gasteiger partial charge on any atom is -0.323 e. The third kappa shape index (κ3) is 4.36. The second-order valence-corrected chi connectivity index (χ2v) is 4.11. The van der Waals surface area contributed by atoms with Gasteiger partial charge in [-0.2, -0.15) is 13.2 Å². The van der Waals surface area contributed by atoms with Crippen LogP contribution >= 0.6 is 27.5 Å². The van der Waals surface area contributed by atoms with Crippen LogP contribution in [0.15, 0.2) is 16.7 Å². The Bertz CT molecular complexity index is 411. The lowest BCUT2D eigenvalue weighted by atomic mass is 10.3. The van der Waals surface area contributed by atoms with Gasteiger partial charge in [0.15, 0.2) is 5.15 Å². The maximum absolute atomic E-state index is 11.9. The molecule has 0 aliphatic rings. The van der Waals surface area contributed by atoms with Gasteiger partial charge in [-0.3, -0.25) is 4.79 Å². The highest BCUT2D eigenvalue weighted by atomic mass is 79.9. The number of nitrogens with zero attached hydrogens (tertiary/aromatic N) is 1. The molecule has 1 heterocycles. The van der Waals surface area contributed by atoms with E-state index in [1.807, 2.05) is 5.32 Å². The molecule has 0 spiro atoms. The quantitative estimate of drug-likeness (QED) is 0.850. The van der Waals surface area contributed by atoms with E-state index in [1.165, 1.54) is 12.3 Å². The van der Waals surface area contributed by atoms with Crippen LogP contribution in [0.25, 0.3) is 0 Å². The molecule has 1 rings (SSSR count). The van der Waals surface area contributed by atoms with Gasteiger partial charge < -0.3 is 5.32 Å². The largest absolute Gasteiger partial charge is 0.397 e. The first kappa shape index (κ1) is 13.2. The van der Waals surface area contributed by atoms with Crippen molar-refractivity contribution in [3.63, 3.8) is 0 Å². The molecule has 0 radical (unpaired) electrons. The molecule has 8 heteroatoms. The summed E-state index contributed by atoms with van der Waals surface area (Å²) >= 11 is 8.64. The number of hydrogen-bond acceptors (Lipinski definition) is 2. The molecule has 16 heavy (non-hydrogen) atoms. The summed E-state index contributed by atoms with van der Waals surface area (Å²) in [6.07, 6.45) is -4.74. The number of halogens is 5. The van der Waals surface area contributed by atoms with Crippen molar-refractivity contribution in [2.24, 2.45) is 0 Å². The summed E-state index contributed by atoms with van der Waals surface area (Å²) in [4.78, 5) is 14.6. The van der Waals surface area contributed by atoms with Crippen molar-refractivity contribution in [3.8, 4) is 0 Å². The molecule has 0 aliphatic carbocycles. The number of nitrogens with one attached hydrogen (secondary N) is 1. The lowest BCUT2D eigenvalue weighted by Crippen LogP contribution is -2.21. The van der Waals surface area contributed by atoms with E-state index in [-0.39, 0.29) is 10.8 Å². The number of carbonyl (C=O) groups excluding carboxylic acids is 1. The number of alkyl halides is 3. The van der Waals surface area contributed by atoms with E-state index in [0.29, 0.717) is 4.47 Å². The van der Waals surface area contributed by atoms with E-state index in [1.54, 1.807) is 0 Å². The molecule has 1 amide bonds. The number of amides is 1. The van der Waals surface area contributed by atoms with Crippen molar-refractivity contribution in [1.29, 1.82) is 0 Å². The molecule has 3 nitrogen and oxygen atoms in total. The minimum absolute atomic E-state index is 0.0327. The van der Waals surface area contributed by atoms with Gasteiger partial charge in [-0.15, -0.1) is 0 Å². The maximum atomic E-state index is 11.9. The first-order valence-electron chi connectivity index (χ1n) is 3.95. The Morgan fingerprint density at radius 3 is 2.75 bits per heavy atom. The van der Waals surface area contributed by atoms with E-state index in [0.717, 1.165) is 0 Å². The molecular weight excluding hydrogens is 312 g/mol. The predicted octanol–water partition coefficient (Wildman–Crippen LogP) is 3.39. The minimum atomic E-state index is -4.55. The summed E-state index contributed by atoms with van der Waals surface area (Å²) in [5.74, 6) is -1.19. The number of pyridine rings is 1. The summed E-state index contributed by atoms with van der Waals surface area (Å²) in [5.41, 5.74) is 0.0327. The fourth-order valence-corrected chi connectivity index (χ4v) is 1.37. The Hall–Kier alpha value is -0.820. The van der Waals surface area contributed by atoms with Crippen LogP contribution in [0.3, 0.4) is 0 Å². The van der Waals surface area contributed by atoms with E-state index < -0.39 is 18.5 Å². The summed E-state index contributed by atoms with van der Waals surface area (Å²) < 4.78 is 36.1. The van der Waals surface area contributed by atoms with Crippen LogP contribution < -0.4 is 5.32 Å². The summed E-state index contributed by atoms with van der Waals surface area (Å²) in [5, 5.41) is 1.95. The summed E-state index contributed by atoms with van der Waals surface area (Å²) in [6.45, 7) is 0. The number of hydrogen-bond donors (Lipinski definition) is 1. The SMILES string of the molecule is O=C(CC(F)(F)F)Nc1cc(Br)cnc1Cl. The van der Waals surface area contributed by atoms with Crippen LogP contribution in [-0.2, 0) is 4.79 Å². The molecule has 0 saturated carbocycles. The molecule has 1 aromatic heterocycles. The van der Waals surface area contributed by atoms with Gasteiger partial charge in [-0.05, 0) is 22.0 Å². The van der Waals surface area contributed by atoms with Gasteiger partial charge in [-0.25, -0.2) is 4.98 Å². The summed E-state index contributed by atoms with van der Waals surface area (Å²) in [6, 6.07) is 1.36. The van der Waals surface area contributed by atoms with E-state index in [2.05, 4.69) is 20.9 Å². The zero-order valence-electron chi connectivity index (χ0n) is 7.61. The lowest BCUT2D eigenvalue weighted by Gasteiger charge is -2.08. The van der Waals surface area contributed by atoms with E-state index in [4.69, 9.17) is 11.6 Å². The Balaban J connectivity index is 2.73. The lowest BCUT2D eigenvalue weighted by molar-refractivity contribution is -0.150. The van der Waals surface area contributed by atoms with Gasteiger partial charge in [-0.1, -0.05) is 11.6 Å². The van der Waals surface area contributed by atoms with Crippen molar-refractivity contribution < 1.29 is 18.0 Å². The van der Waals surface area contributed by atoms with Crippen molar-refractivity contribution in [2.75, 3.05) is 5.32 Å². The zero-order valence-corrected chi connectivity index (χ0v) is 9.95. The predicted molar refractivity (Wildman–Crippen MR) is 56.2 cm³/mol. The third-order valence-corrected chi connectivity index (χ3v) is 2.18. The van der Waals surface area contributed by atoms with Crippen LogP contribution in [-0.4, -0.2) is 17.1 Å². The molecule has 0 aromatic carbocycles. The van der Waals surface area contributed by atoms with Gasteiger partial charge in [0.25, 0.3) is 0 Å². The number of anilines is 1. The van der Waals surface area contributed by atoms with E-state index in [9.17, 15) is 18.0 Å². The van der Waals surface area contributed by atoms with Crippen LogP contribution in [0, 0.1) is 0 Å².